The molecule has 20 heavy (non-hydrogen) atoms. The summed E-state index contributed by atoms with van der Waals surface area (Å²) < 4.78 is 46.4. The van der Waals surface area contributed by atoms with Gasteiger partial charge in [-0.3, -0.25) is 0 Å². The zero-order valence-corrected chi connectivity index (χ0v) is 14.1. The molecule has 1 rings (SSSR count). The molecule has 0 amide bonds. The van der Waals surface area contributed by atoms with E-state index in [2.05, 4.69) is 12.2 Å². The third-order valence-corrected chi connectivity index (χ3v) is 6.72. The Labute approximate surface area is 123 Å². The molecule has 120 valence electrons. The molecule has 0 saturated heterocycles. The highest BCUT2D eigenvalue weighted by Crippen LogP contribution is 2.28. The van der Waals surface area contributed by atoms with Gasteiger partial charge in [0.1, 0.15) is 9.84 Å². The summed E-state index contributed by atoms with van der Waals surface area (Å²) in [6, 6.07) is -0.0259. The van der Waals surface area contributed by atoms with Crippen molar-refractivity contribution in [1.29, 1.82) is 0 Å². The lowest BCUT2D eigenvalue weighted by Gasteiger charge is -2.24. The van der Waals surface area contributed by atoms with E-state index in [1.807, 2.05) is 0 Å². The summed E-state index contributed by atoms with van der Waals surface area (Å²) in [6.45, 7) is 2.86. The maximum atomic E-state index is 12.1. The van der Waals surface area contributed by atoms with Gasteiger partial charge in [-0.25, -0.2) is 16.8 Å². The van der Waals surface area contributed by atoms with Gasteiger partial charge in [0.05, 0.1) is 17.3 Å². The molecule has 5 nitrogen and oxygen atoms in total. The monoisotopic (exact) mass is 325 g/mol. The second-order valence-electron chi connectivity index (χ2n) is 5.85. The minimum atomic E-state index is -3.32. The van der Waals surface area contributed by atoms with Crippen molar-refractivity contribution in [2.24, 2.45) is 5.92 Å². The van der Waals surface area contributed by atoms with Gasteiger partial charge >= 0.3 is 0 Å². The average Bonchev–Trinajstić information content (AvgIpc) is 2.85. The molecule has 0 radical (unpaired) electrons. The fraction of sp³-hybridized carbons (Fsp3) is 1.00. The highest BCUT2D eigenvalue weighted by molar-refractivity contribution is 7.94. The molecule has 0 aromatic carbocycles. The summed E-state index contributed by atoms with van der Waals surface area (Å²) in [5.74, 6) is -0.0640. The fourth-order valence-corrected chi connectivity index (χ4v) is 6.02. The summed E-state index contributed by atoms with van der Waals surface area (Å²) in [6.07, 6.45) is 6.52. The topological polar surface area (TPSA) is 80.3 Å². The van der Waals surface area contributed by atoms with Crippen molar-refractivity contribution in [3.05, 3.63) is 0 Å². The van der Waals surface area contributed by atoms with Crippen molar-refractivity contribution < 1.29 is 16.8 Å². The van der Waals surface area contributed by atoms with Gasteiger partial charge in [0.2, 0.25) is 0 Å². The largest absolute Gasteiger partial charge is 0.313 e. The molecule has 1 unspecified atom stereocenters. The van der Waals surface area contributed by atoms with E-state index in [4.69, 9.17) is 0 Å². The summed E-state index contributed by atoms with van der Waals surface area (Å²) in [7, 11) is -6.55. The number of rotatable bonds is 9. The maximum absolute atomic E-state index is 12.1. The van der Waals surface area contributed by atoms with Crippen molar-refractivity contribution in [1.82, 2.24) is 5.32 Å². The Morgan fingerprint density at radius 2 is 1.70 bits per heavy atom. The number of hydrogen-bond donors (Lipinski definition) is 1. The minimum absolute atomic E-state index is 0.0259. The van der Waals surface area contributed by atoms with Crippen molar-refractivity contribution >= 4 is 19.7 Å². The third-order valence-electron chi connectivity index (χ3n) is 3.82. The molecule has 0 aromatic heterocycles. The molecular weight excluding hydrogens is 298 g/mol. The Balaban J connectivity index is 2.62. The fourth-order valence-electron chi connectivity index (χ4n) is 2.69. The van der Waals surface area contributed by atoms with Crippen LogP contribution in [0.15, 0.2) is 0 Å². The van der Waals surface area contributed by atoms with Gasteiger partial charge in [0.15, 0.2) is 9.84 Å². The lowest BCUT2D eigenvalue weighted by atomic mass is 10.00. The molecule has 1 saturated carbocycles. The van der Waals surface area contributed by atoms with E-state index in [0.29, 0.717) is 5.92 Å². The highest BCUT2D eigenvalue weighted by Gasteiger charge is 2.29. The Kier molecular flexibility index (Phi) is 6.94. The lowest BCUT2D eigenvalue weighted by molar-refractivity contribution is 0.382. The van der Waals surface area contributed by atoms with Crippen molar-refractivity contribution in [2.75, 3.05) is 30.1 Å². The molecule has 0 aliphatic heterocycles. The summed E-state index contributed by atoms with van der Waals surface area (Å²) in [5.41, 5.74) is 0. The second-order valence-corrected chi connectivity index (χ2v) is 10.3. The molecular formula is C13H27NO4S2. The van der Waals surface area contributed by atoms with E-state index in [1.54, 1.807) is 0 Å². The van der Waals surface area contributed by atoms with Gasteiger partial charge in [-0.05, 0) is 31.7 Å². The zero-order chi connectivity index (χ0) is 15.2. The molecule has 1 N–H and O–H groups in total. The van der Waals surface area contributed by atoms with E-state index < -0.39 is 19.7 Å². The first kappa shape index (κ1) is 17.9. The van der Waals surface area contributed by atoms with Crippen LogP contribution in [0.2, 0.25) is 0 Å². The first-order valence-corrected chi connectivity index (χ1v) is 11.2. The van der Waals surface area contributed by atoms with Gasteiger partial charge in [0.25, 0.3) is 0 Å². The van der Waals surface area contributed by atoms with Crippen LogP contribution in [0, 0.1) is 5.92 Å². The summed E-state index contributed by atoms with van der Waals surface area (Å²) >= 11 is 0. The highest BCUT2D eigenvalue weighted by atomic mass is 32.2. The molecule has 1 aliphatic rings. The van der Waals surface area contributed by atoms with Crippen LogP contribution >= 0.6 is 0 Å². The van der Waals surface area contributed by atoms with E-state index >= 15 is 0 Å². The Bertz CT molecular complexity index is 479. The van der Waals surface area contributed by atoms with Crippen molar-refractivity contribution in [2.45, 2.75) is 45.1 Å². The van der Waals surface area contributed by atoms with Crippen LogP contribution in [0.3, 0.4) is 0 Å². The van der Waals surface area contributed by atoms with Gasteiger partial charge in [-0.2, -0.15) is 0 Å². The third kappa shape index (κ3) is 7.04. The van der Waals surface area contributed by atoms with Crippen LogP contribution in [0.4, 0.5) is 0 Å². The second kappa shape index (κ2) is 7.75. The van der Waals surface area contributed by atoms with Crippen LogP contribution in [0.1, 0.15) is 39.0 Å². The van der Waals surface area contributed by atoms with Crippen molar-refractivity contribution in [3.8, 4) is 0 Å². The van der Waals surface area contributed by atoms with Gasteiger partial charge in [0, 0.05) is 12.3 Å². The molecule has 1 fully saturated rings. The molecule has 0 aromatic rings. The number of hydrogen-bond acceptors (Lipinski definition) is 5. The number of sulfone groups is 2. The maximum Gasteiger partial charge on any atom is 0.152 e. The van der Waals surface area contributed by atoms with Gasteiger partial charge in [-0.15, -0.1) is 0 Å². The number of nitrogens with one attached hydrogen (secondary N) is 1. The first-order valence-electron chi connectivity index (χ1n) is 7.35. The normalized spacial score (nSPS) is 19.3. The zero-order valence-electron chi connectivity index (χ0n) is 12.5. The van der Waals surface area contributed by atoms with E-state index in [1.165, 1.54) is 12.8 Å². The Morgan fingerprint density at radius 3 is 2.20 bits per heavy atom. The average molecular weight is 325 g/mol. The lowest BCUT2D eigenvalue weighted by Crippen LogP contribution is -2.42. The van der Waals surface area contributed by atoms with E-state index in [9.17, 15) is 16.8 Å². The van der Waals surface area contributed by atoms with Crippen molar-refractivity contribution in [3.63, 3.8) is 0 Å². The van der Waals surface area contributed by atoms with Crippen LogP contribution in [-0.2, 0) is 19.7 Å². The molecule has 0 heterocycles. The van der Waals surface area contributed by atoms with Crippen LogP contribution in [0.25, 0.3) is 0 Å². The SMILES string of the molecule is CCCNC(CS(=O)(=O)CCS(C)(=O)=O)C1CCCC1. The first-order chi connectivity index (χ1) is 9.23. The smallest absolute Gasteiger partial charge is 0.152 e. The quantitative estimate of drug-likeness (QED) is 0.684. The van der Waals surface area contributed by atoms with E-state index in [-0.39, 0.29) is 23.3 Å². The van der Waals surface area contributed by atoms with Crippen LogP contribution in [-0.4, -0.2) is 52.9 Å². The predicted molar refractivity (Wildman–Crippen MR) is 82.4 cm³/mol. The van der Waals surface area contributed by atoms with E-state index in [0.717, 1.165) is 32.1 Å². The molecule has 1 aliphatic carbocycles. The van der Waals surface area contributed by atoms with Crippen LogP contribution in [0.5, 0.6) is 0 Å². The Hall–Kier alpha value is -0.140. The van der Waals surface area contributed by atoms with Gasteiger partial charge in [-0.1, -0.05) is 19.8 Å². The van der Waals surface area contributed by atoms with Crippen LogP contribution < -0.4 is 5.32 Å². The standard InChI is InChI=1S/C13H27NO4S2/c1-3-8-14-13(12-6-4-5-7-12)11-20(17,18)10-9-19(2,15)16/h12-14H,3-11H2,1-2H3. The van der Waals surface area contributed by atoms with Gasteiger partial charge < -0.3 is 5.32 Å². The molecule has 1 atom stereocenters. The summed E-state index contributed by atoms with van der Waals surface area (Å²) in [5, 5.41) is 3.34. The predicted octanol–water partition coefficient (Wildman–Crippen LogP) is 1.00. The summed E-state index contributed by atoms with van der Waals surface area (Å²) in [4.78, 5) is 0. The molecule has 0 bridgehead atoms. The molecule has 0 spiro atoms. The minimum Gasteiger partial charge on any atom is -0.313 e. The Morgan fingerprint density at radius 1 is 1.10 bits per heavy atom. The molecule has 7 heteroatoms.